The lowest BCUT2D eigenvalue weighted by Crippen LogP contribution is -2.55. The first kappa shape index (κ1) is 20.9. The van der Waals surface area contributed by atoms with Gasteiger partial charge in [-0.2, -0.15) is 0 Å². The van der Waals surface area contributed by atoms with Crippen LogP contribution in [-0.4, -0.2) is 30.4 Å². The van der Waals surface area contributed by atoms with Crippen molar-refractivity contribution in [2.45, 2.75) is 37.0 Å². The van der Waals surface area contributed by atoms with E-state index in [4.69, 9.17) is 18.9 Å². The van der Waals surface area contributed by atoms with E-state index in [1.807, 2.05) is 91.0 Å². The van der Waals surface area contributed by atoms with Crippen molar-refractivity contribution < 1.29 is 18.9 Å². The average Bonchev–Trinajstić information content (AvgIpc) is 2.80. The van der Waals surface area contributed by atoms with E-state index in [1.54, 1.807) is 0 Å². The number of hydrogen-bond acceptors (Lipinski definition) is 5. The van der Waals surface area contributed by atoms with Crippen molar-refractivity contribution >= 4 is 12.6 Å². The Morgan fingerprint density at radius 1 is 0.700 bits per heavy atom. The van der Waals surface area contributed by atoms with Crippen LogP contribution in [-0.2, 0) is 27.4 Å². The molecule has 0 aromatic heterocycles. The molecule has 0 unspecified atom stereocenters. The number of hydrogen-bond donors (Lipinski definition) is 1. The minimum Gasteiger partial charge on any atom is -0.485 e. The van der Waals surface area contributed by atoms with E-state index in [0.717, 1.165) is 16.9 Å². The fourth-order valence-electron chi connectivity index (χ4n) is 3.44. The zero-order valence-corrected chi connectivity index (χ0v) is 17.6. The van der Waals surface area contributed by atoms with Gasteiger partial charge in [-0.05, 0) is 23.3 Å². The van der Waals surface area contributed by atoms with Crippen LogP contribution < -0.4 is 4.74 Å². The minimum atomic E-state index is -0.398. The van der Waals surface area contributed by atoms with Gasteiger partial charge in [0, 0.05) is 0 Å². The lowest BCUT2D eigenvalue weighted by Gasteiger charge is -2.40. The summed E-state index contributed by atoms with van der Waals surface area (Å²) in [4.78, 5) is 0. The molecule has 0 spiro atoms. The first-order valence-electron chi connectivity index (χ1n) is 10.1. The highest BCUT2D eigenvalue weighted by atomic mass is 32.1. The molecule has 0 N–H and O–H groups in total. The molecule has 1 aliphatic heterocycles. The Bertz CT molecular complexity index is 875. The molecule has 3 aromatic carbocycles. The summed E-state index contributed by atoms with van der Waals surface area (Å²) in [7, 11) is 0. The highest BCUT2D eigenvalue weighted by Crippen LogP contribution is 2.28. The minimum absolute atomic E-state index is 0.305. The summed E-state index contributed by atoms with van der Waals surface area (Å²) in [5, 5.41) is 0. The maximum atomic E-state index is 6.35. The second-order valence-corrected chi connectivity index (χ2v) is 7.72. The third kappa shape index (κ3) is 5.64. The van der Waals surface area contributed by atoms with Crippen LogP contribution in [0, 0.1) is 0 Å². The highest BCUT2D eigenvalue weighted by molar-refractivity contribution is 7.80. The van der Waals surface area contributed by atoms with E-state index >= 15 is 0 Å². The quantitative estimate of drug-likeness (QED) is 0.525. The van der Waals surface area contributed by atoms with Gasteiger partial charge in [0.05, 0.1) is 19.8 Å². The zero-order chi connectivity index (χ0) is 20.6. The first-order chi connectivity index (χ1) is 14.8. The molecule has 4 nitrogen and oxygen atoms in total. The van der Waals surface area contributed by atoms with E-state index in [0.29, 0.717) is 19.8 Å². The summed E-state index contributed by atoms with van der Waals surface area (Å²) in [6.45, 7) is 1.30. The van der Waals surface area contributed by atoms with E-state index in [2.05, 4.69) is 12.6 Å². The molecule has 30 heavy (non-hydrogen) atoms. The molecule has 1 heterocycles. The molecule has 1 aliphatic rings. The second kappa shape index (κ2) is 10.6. The van der Waals surface area contributed by atoms with Gasteiger partial charge in [-0.3, -0.25) is 0 Å². The number of benzene rings is 3. The lowest BCUT2D eigenvalue weighted by molar-refractivity contribution is -0.198. The molecular weight excluding hydrogens is 396 g/mol. The number of thiol groups is 1. The van der Waals surface area contributed by atoms with Crippen LogP contribution in [0.5, 0.6) is 5.75 Å². The molecular formula is C25H26O4S. The summed E-state index contributed by atoms with van der Waals surface area (Å²) in [5.41, 5.74) is 1.79. The van der Waals surface area contributed by atoms with Gasteiger partial charge < -0.3 is 18.9 Å². The van der Waals surface area contributed by atoms with E-state index in [9.17, 15) is 0 Å². The van der Waals surface area contributed by atoms with Gasteiger partial charge in [0.15, 0.2) is 6.10 Å². The average molecular weight is 423 g/mol. The van der Waals surface area contributed by atoms with Gasteiger partial charge in [0.1, 0.15) is 23.4 Å². The van der Waals surface area contributed by atoms with Crippen LogP contribution >= 0.6 is 12.6 Å². The lowest BCUT2D eigenvalue weighted by atomic mass is 10.1. The molecule has 5 heteroatoms. The predicted octanol–water partition coefficient (Wildman–Crippen LogP) is 4.89. The fourth-order valence-corrected chi connectivity index (χ4v) is 3.79. The molecule has 1 saturated heterocycles. The van der Waals surface area contributed by atoms with Crippen molar-refractivity contribution in [1.29, 1.82) is 0 Å². The molecule has 4 atom stereocenters. The maximum Gasteiger partial charge on any atom is 0.151 e. The third-order valence-electron chi connectivity index (χ3n) is 5.00. The smallest absolute Gasteiger partial charge is 0.151 e. The molecule has 0 aliphatic carbocycles. The molecule has 3 aromatic rings. The SMILES string of the molecule is S[C@@H]1OC[C@@H](Oc2ccccc2)[C@H](OCc2ccccc2)[C@H]1OCc1ccccc1. The van der Waals surface area contributed by atoms with Crippen molar-refractivity contribution in [3.05, 3.63) is 102 Å². The number of ether oxygens (including phenoxy) is 4. The maximum absolute atomic E-state index is 6.35. The largest absolute Gasteiger partial charge is 0.485 e. The summed E-state index contributed by atoms with van der Waals surface area (Å²) in [5.74, 6) is 0.777. The molecule has 4 rings (SSSR count). The molecule has 0 bridgehead atoms. The van der Waals surface area contributed by atoms with Crippen molar-refractivity contribution in [3.63, 3.8) is 0 Å². The zero-order valence-electron chi connectivity index (χ0n) is 16.7. The number of para-hydroxylation sites is 1. The first-order valence-corrected chi connectivity index (χ1v) is 10.6. The Morgan fingerprint density at radius 3 is 1.77 bits per heavy atom. The molecule has 156 valence electrons. The van der Waals surface area contributed by atoms with E-state index in [1.165, 1.54) is 0 Å². The van der Waals surface area contributed by atoms with Gasteiger partial charge in [-0.15, -0.1) is 12.6 Å². The Kier molecular flexibility index (Phi) is 7.43. The van der Waals surface area contributed by atoms with Crippen molar-refractivity contribution in [2.75, 3.05) is 6.61 Å². The van der Waals surface area contributed by atoms with Crippen molar-refractivity contribution in [3.8, 4) is 5.75 Å². The van der Waals surface area contributed by atoms with Crippen molar-refractivity contribution in [2.24, 2.45) is 0 Å². The Balaban J connectivity index is 1.50. The summed E-state index contributed by atoms with van der Waals surface area (Å²) in [6.07, 6.45) is -1.01. The molecule has 1 fully saturated rings. The summed E-state index contributed by atoms with van der Waals surface area (Å²) < 4.78 is 24.7. The summed E-state index contributed by atoms with van der Waals surface area (Å²) >= 11 is 4.63. The molecule has 0 radical (unpaired) electrons. The second-order valence-electron chi connectivity index (χ2n) is 7.22. The topological polar surface area (TPSA) is 36.9 Å². The standard InChI is InChI=1S/C25H26O4S/c30-25-24(27-17-20-12-6-2-7-13-20)23(26-16-19-10-4-1-5-11-19)22(18-28-25)29-21-14-8-3-9-15-21/h1-15,22-25,30H,16-18H2/t22-,23+,24-,25+/m1/s1. The van der Waals surface area contributed by atoms with Crippen LogP contribution in [0.1, 0.15) is 11.1 Å². The van der Waals surface area contributed by atoms with Crippen molar-refractivity contribution in [1.82, 2.24) is 0 Å². The van der Waals surface area contributed by atoms with Gasteiger partial charge >= 0.3 is 0 Å². The van der Waals surface area contributed by atoms with Crippen LogP contribution in [0.3, 0.4) is 0 Å². The molecule has 0 saturated carbocycles. The predicted molar refractivity (Wildman–Crippen MR) is 120 cm³/mol. The van der Waals surface area contributed by atoms with Gasteiger partial charge in [-0.1, -0.05) is 78.9 Å². The normalized spacial score (nSPS) is 23.8. The Labute approximate surface area is 183 Å². The van der Waals surface area contributed by atoms with E-state index < -0.39 is 5.44 Å². The van der Waals surface area contributed by atoms with Crippen LogP contribution in [0.4, 0.5) is 0 Å². The third-order valence-corrected chi connectivity index (χ3v) is 5.45. The van der Waals surface area contributed by atoms with Crippen LogP contribution in [0.15, 0.2) is 91.0 Å². The Hall–Kier alpha value is -2.31. The monoisotopic (exact) mass is 422 g/mol. The highest BCUT2D eigenvalue weighted by Gasteiger charge is 2.42. The van der Waals surface area contributed by atoms with Gasteiger partial charge in [0.2, 0.25) is 0 Å². The van der Waals surface area contributed by atoms with E-state index in [-0.39, 0.29) is 18.3 Å². The van der Waals surface area contributed by atoms with Gasteiger partial charge in [-0.25, -0.2) is 0 Å². The van der Waals surface area contributed by atoms with Crippen LogP contribution in [0.2, 0.25) is 0 Å². The van der Waals surface area contributed by atoms with Crippen LogP contribution in [0.25, 0.3) is 0 Å². The Morgan fingerprint density at radius 2 is 1.20 bits per heavy atom. The number of rotatable bonds is 8. The molecule has 0 amide bonds. The summed E-state index contributed by atoms with van der Waals surface area (Å²) in [6, 6.07) is 29.9. The fraction of sp³-hybridized carbons (Fsp3) is 0.280. The van der Waals surface area contributed by atoms with Gasteiger partial charge in [0.25, 0.3) is 0 Å².